The topological polar surface area (TPSA) is 3.24 Å². The number of benzene rings is 2. The Morgan fingerprint density at radius 3 is 2.75 bits per heavy atom. The fourth-order valence-electron chi connectivity index (χ4n) is 3.36. The Hall–Kier alpha value is -2.28. The first-order valence-corrected chi connectivity index (χ1v) is 7.12. The smallest absolute Gasteiger partial charge is 0.0586 e. The van der Waals surface area contributed by atoms with Crippen LogP contribution in [0.3, 0.4) is 0 Å². The van der Waals surface area contributed by atoms with Crippen molar-refractivity contribution in [3.05, 3.63) is 83.6 Å². The van der Waals surface area contributed by atoms with Crippen molar-refractivity contribution >= 4 is 11.6 Å². The Morgan fingerprint density at radius 1 is 1.00 bits per heavy atom. The molecule has 1 unspecified atom stereocenters. The van der Waals surface area contributed by atoms with E-state index in [-0.39, 0.29) is 0 Å². The first-order chi connectivity index (χ1) is 9.83. The fourth-order valence-corrected chi connectivity index (χ4v) is 3.36. The van der Waals surface area contributed by atoms with Crippen LogP contribution in [0.1, 0.15) is 34.7 Å². The third kappa shape index (κ3) is 1.70. The molecule has 0 aromatic heterocycles. The van der Waals surface area contributed by atoms with E-state index >= 15 is 0 Å². The molecule has 0 N–H and O–H groups in total. The van der Waals surface area contributed by atoms with Crippen LogP contribution >= 0.6 is 0 Å². The lowest BCUT2D eigenvalue weighted by Gasteiger charge is -2.33. The van der Waals surface area contributed by atoms with Crippen molar-refractivity contribution in [2.75, 3.05) is 0 Å². The van der Waals surface area contributed by atoms with Gasteiger partial charge in [-0.25, -0.2) is 0 Å². The first-order valence-electron chi connectivity index (χ1n) is 7.12. The molecule has 0 aliphatic carbocycles. The monoisotopic (exact) mass is 259 g/mol. The van der Waals surface area contributed by atoms with Gasteiger partial charge in [-0.05, 0) is 40.3 Å². The average molecular weight is 259 g/mol. The van der Waals surface area contributed by atoms with Crippen LogP contribution in [0.5, 0.6) is 0 Å². The van der Waals surface area contributed by atoms with Crippen LogP contribution < -0.4 is 0 Å². The second-order valence-electron chi connectivity index (χ2n) is 5.60. The lowest BCUT2D eigenvalue weighted by atomic mass is 9.91. The predicted octanol–water partition coefficient (Wildman–Crippen LogP) is 4.63. The van der Waals surface area contributed by atoms with Gasteiger partial charge in [-0.15, -0.1) is 0 Å². The van der Waals surface area contributed by atoms with Gasteiger partial charge in [0.1, 0.15) is 0 Å². The lowest BCUT2D eigenvalue weighted by Crippen LogP contribution is -2.24. The molecule has 1 atom stereocenters. The van der Waals surface area contributed by atoms with Crippen LogP contribution in [-0.2, 0) is 6.54 Å². The minimum Gasteiger partial charge on any atom is -0.366 e. The molecule has 2 aromatic carbocycles. The molecule has 0 saturated heterocycles. The zero-order valence-corrected chi connectivity index (χ0v) is 11.4. The van der Waals surface area contributed by atoms with Gasteiger partial charge in [0.05, 0.1) is 6.04 Å². The molecule has 0 amide bonds. The van der Waals surface area contributed by atoms with Gasteiger partial charge in [0.15, 0.2) is 0 Å². The highest BCUT2D eigenvalue weighted by Crippen LogP contribution is 2.41. The highest BCUT2D eigenvalue weighted by Gasteiger charge is 2.27. The zero-order valence-electron chi connectivity index (χ0n) is 11.4. The molecular formula is C19H17N. The van der Waals surface area contributed by atoms with Gasteiger partial charge in [-0.1, -0.05) is 55.1 Å². The van der Waals surface area contributed by atoms with E-state index in [0.29, 0.717) is 6.04 Å². The van der Waals surface area contributed by atoms with E-state index in [2.05, 4.69) is 72.3 Å². The van der Waals surface area contributed by atoms with Crippen molar-refractivity contribution in [1.82, 2.24) is 4.90 Å². The Kier molecular flexibility index (Phi) is 2.53. The van der Waals surface area contributed by atoms with Crippen LogP contribution in [0.2, 0.25) is 0 Å². The third-order valence-electron chi connectivity index (χ3n) is 4.39. The Bertz CT molecular complexity index is 711. The van der Waals surface area contributed by atoms with E-state index in [1.807, 2.05) is 0 Å². The highest BCUT2D eigenvalue weighted by atomic mass is 15.1. The zero-order chi connectivity index (χ0) is 13.5. The largest absolute Gasteiger partial charge is 0.366 e. The van der Waals surface area contributed by atoms with Crippen molar-refractivity contribution in [3.8, 4) is 0 Å². The maximum Gasteiger partial charge on any atom is 0.0586 e. The summed E-state index contributed by atoms with van der Waals surface area (Å²) in [5.74, 6) is 0. The SMILES string of the molecule is C=C1CC2c3ccccc3C=CN2Cc2ccccc21. The van der Waals surface area contributed by atoms with Gasteiger partial charge >= 0.3 is 0 Å². The van der Waals surface area contributed by atoms with E-state index in [0.717, 1.165) is 13.0 Å². The lowest BCUT2D eigenvalue weighted by molar-refractivity contribution is 0.278. The van der Waals surface area contributed by atoms with E-state index in [4.69, 9.17) is 0 Å². The molecule has 98 valence electrons. The van der Waals surface area contributed by atoms with Crippen molar-refractivity contribution in [2.24, 2.45) is 0 Å². The maximum absolute atomic E-state index is 4.33. The molecule has 0 fully saturated rings. The summed E-state index contributed by atoms with van der Waals surface area (Å²) in [5, 5.41) is 0. The fraction of sp³-hybridized carbons (Fsp3) is 0.158. The number of rotatable bonds is 0. The highest BCUT2D eigenvalue weighted by molar-refractivity contribution is 5.69. The van der Waals surface area contributed by atoms with Crippen LogP contribution in [0, 0.1) is 0 Å². The Labute approximate surface area is 119 Å². The van der Waals surface area contributed by atoms with Gasteiger partial charge in [-0.2, -0.15) is 0 Å². The number of fused-ring (bicyclic) bond motifs is 4. The summed E-state index contributed by atoms with van der Waals surface area (Å²) in [6.45, 7) is 5.29. The molecule has 1 heteroatoms. The van der Waals surface area contributed by atoms with Gasteiger partial charge < -0.3 is 4.90 Å². The van der Waals surface area contributed by atoms with E-state index < -0.39 is 0 Å². The van der Waals surface area contributed by atoms with Gasteiger partial charge in [-0.3, -0.25) is 0 Å². The van der Waals surface area contributed by atoms with E-state index in [9.17, 15) is 0 Å². The molecule has 0 radical (unpaired) electrons. The molecule has 0 spiro atoms. The van der Waals surface area contributed by atoms with Crippen molar-refractivity contribution in [1.29, 1.82) is 0 Å². The second-order valence-corrected chi connectivity index (χ2v) is 5.60. The van der Waals surface area contributed by atoms with E-state index in [1.165, 1.54) is 27.8 Å². The summed E-state index contributed by atoms with van der Waals surface area (Å²) < 4.78 is 0. The molecule has 2 heterocycles. The minimum absolute atomic E-state index is 0.413. The summed E-state index contributed by atoms with van der Waals surface area (Å²) >= 11 is 0. The summed E-state index contributed by atoms with van der Waals surface area (Å²) in [6, 6.07) is 17.8. The van der Waals surface area contributed by atoms with Crippen LogP contribution in [0.4, 0.5) is 0 Å². The molecule has 2 aliphatic rings. The predicted molar refractivity (Wildman–Crippen MR) is 83.9 cm³/mol. The maximum atomic E-state index is 4.33. The Morgan fingerprint density at radius 2 is 1.80 bits per heavy atom. The standard InChI is InChI=1S/C19H17N/c1-14-12-19-18-9-5-2-6-15(18)10-11-20(19)13-16-7-3-4-8-17(14)16/h2-11,19H,1,12-13H2. The summed E-state index contributed by atoms with van der Waals surface area (Å²) in [4.78, 5) is 2.44. The number of hydrogen-bond donors (Lipinski definition) is 0. The molecule has 2 aromatic rings. The number of hydrogen-bond acceptors (Lipinski definition) is 1. The van der Waals surface area contributed by atoms with Gasteiger partial charge in [0.25, 0.3) is 0 Å². The molecule has 4 rings (SSSR count). The molecule has 0 bridgehead atoms. The molecule has 2 aliphatic heterocycles. The normalized spacial score (nSPS) is 19.9. The van der Waals surface area contributed by atoms with Crippen LogP contribution in [0.15, 0.2) is 61.3 Å². The third-order valence-corrected chi connectivity index (χ3v) is 4.39. The van der Waals surface area contributed by atoms with Crippen molar-refractivity contribution in [3.63, 3.8) is 0 Å². The number of nitrogens with zero attached hydrogens (tertiary/aromatic N) is 1. The average Bonchev–Trinajstić information content (AvgIpc) is 2.64. The minimum atomic E-state index is 0.413. The summed E-state index contributed by atoms with van der Waals surface area (Å²) in [5.41, 5.74) is 6.71. The van der Waals surface area contributed by atoms with E-state index in [1.54, 1.807) is 0 Å². The molecular weight excluding hydrogens is 242 g/mol. The summed E-state index contributed by atoms with van der Waals surface area (Å²) in [6.07, 6.45) is 5.46. The first kappa shape index (κ1) is 11.5. The molecule has 0 saturated carbocycles. The van der Waals surface area contributed by atoms with Crippen LogP contribution in [-0.4, -0.2) is 4.90 Å². The molecule has 20 heavy (non-hydrogen) atoms. The quantitative estimate of drug-likeness (QED) is 0.666. The van der Waals surface area contributed by atoms with Gasteiger partial charge in [0.2, 0.25) is 0 Å². The summed E-state index contributed by atoms with van der Waals surface area (Å²) in [7, 11) is 0. The Balaban J connectivity index is 1.83. The second kappa shape index (κ2) is 4.38. The van der Waals surface area contributed by atoms with Crippen LogP contribution in [0.25, 0.3) is 11.6 Å². The van der Waals surface area contributed by atoms with Gasteiger partial charge in [0, 0.05) is 12.7 Å². The molecule has 1 nitrogen and oxygen atoms in total. The van der Waals surface area contributed by atoms with Crippen molar-refractivity contribution in [2.45, 2.75) is 19.0 Å². The van der Waals surface area contributed by atoms with Crippen molar-refractivity contribution < 1.29 is 0 Å².